The molecule has 31 heavy (non-hydrogen) atoms. The van der Waals surface area contributed by atoms with Gasteiger partial charge in [-0.15, -0.1) is 0 Å². The molecule has 0 aromatic heterocycles. The van der Waals surface area contributed by atoms with Crippen LogP contribution in [0.25, 0.3) is 0 Å². The smallest absolute Gasteiger partial charge is 0.264 e. The number of hydrogen-bond donors (Lipinski definition) is 1. The van der Waals surface area contributed by atoms with Gasteiger partial charge < -0.3 is 19.7 Å². The number of benzene rings is 2. The van der Waals surface area contributed by atoms with Crippen molar-refractivity contribution in [3.63, 3.8) is 0 Å². The Morgan fingerprint density at radius 1 is 1.03 bits per heavy atom. The molecule has 0 unspecified atom stereocenters. The van der Waals surface area contributed by atoms with E-state index in [2.05, 4.69) is 5.32 Å². The van der Waals surface area contributed by atoms with Crippen LogP contribution < -0.4 is 19.1 Å². The molecule has 0 spiro atoms. The first-order chi connectivity index (χ1) is 14.7. The summed E-state index contributed by atoms with van der Waals surface area (Å²) in [5.41, 5.74) is 0.322. The Hall–Kier alpha value is -2.49. The second-order valence-corrected chi connectivity index (χ2v) is 9.31. The van der Waals surface area contributed by atoms with Gasteiger partial charge in [-0.2, -0.15) is 0 Å². The van der Waals surface area contributed by atoms with Crippen molar-refractivity contribution in [3.8, 4) is 11.5 Å². The average molecular weight is 470 g/mol. The summed E-state index contributed by atoms with van der Waals surface area (Å²) in [4.78, 5) is 14.5. The standard InChI is InChI=1S/C21H28ClN3O5S/c1-24(2)13-5-12-23-21(26)15-25(17-8-6-16(22)7-9-17)31(27,28)18-10-11-19(29-3)20(14-18)30-4/h6-11,14H,5,12-13,15H2,1-4H3,(H,23,26). The number of halogens is 1. The fourth-order valence-electron chi connectivity index (χ4n) is 2.84. The molecule has 0 aliphatic carbocycles. The van der Waals surface area contributed by atoms with E-state index in [-0.39, 0.29) is 17.2 Å². The number of hydrogen-bond acceptors (Lipinski definition) is 6. The van der Waals surface area contributed by atoms with Crippen LogP contribution in [0.4, 0.5) is 5.69 Å². The monoisotopic (exact) mass is 469 g/mol. The van der Waals surface area contributed by atoms with Gasteiger partial charge >= 0.3 is 0 Å². The van der Waals surface area contributed by atoms with Crippen molar-refractivity contribution >= 4 is 33.2 Å². The zero-order valence-corrected chi connectivity index (χ0v) is 19.7. The molecule has 2 aromatic rings. The number of sulfonamides is 1. The first kappa shape index (κ1) is 24.8. The zero-order chi connectivity index (χ0) is 23.0. The number of anilines is 1. The van der Waals surface area contributed by atoms with Crippen LogP contribution in [0.2, 0.25) is 5.02 Å². The number of carbonyl (C=O) groups is 1. The molecule has 0 aliphatic heterocycles. The van der Waals surface area contributed by atoms with E-state index in [1.54, 1.807) is 24.3 Å². The summed E-state index contributed by atoms with van der Waals surface area (Å²) in [5, 5.41) is 3.23. The molecule has 0 saturated heterocycles. The summed E-state index contributed by atoms with van der Waals surface area (Å²) in [7, 11) is 2.70. The van der Waals surface area contributed by atoms with Gasteiger partial charge in [0, 0.05) is 17.6 Å². The molecule has 2 rings (SSSR count). The van der Waals surface area contributed by atoms with Crippen molar-refractivity contribution in [3.05, 3.63) is 47.5 Å². The molecule has 2 aromatic carbocycles. The number of rotatable bonds is 11. The number of nitrogens with one attached hydrogen (secondary N) is 1. The van der Waals surface area contributed by atoms with Gasteiger partial charge in [0.2, 0.25) is 5.91 Å². The first-order valence-electron chi connectivity index (χ1n) is 9.60. The normalized spacial score (nSPS) is 11.3. The van der Waals surface area contributed by atoms with Crippen LogP contribution in [0.1, 0.15) is 6.42 Å². The molecule has 10 heteroatoms. The van der Waals surface area contributed by atoms with E-state index in [9.17, 15) is 13.2 Å². The molecule has 0 radical (unpaired) electrons. The average Bonchev–Trinajstić information content (AvgIpc) is 2.75. The van der Waals surface area contributed by atoms with Gasteiger partial charge in [0.25, 0.3) is 10.0 Å². The van der Waals surface area contributed by atoms with Gasteiger partial charge in [-0.1, -0.05) is 11.6 Å². The summed E-state index contributed by atoms with van der Waals surface area (Å²) >= 11 is 5.95. The molecule has 0 saturated carbocycles. The topological polar surface area (TPSA) is 88.2 Å². The maximum atomic E-state index is 13.5. The van der Waals surface area contributed by atoms with Gasteiger partial charge in [-0.25, -0.2) is 8.42 Å². The third kappa shape index (κ3) is 6.75. The van der Waals surface area contributed by atoms with Crippen molar-refractivity contribution in [1.29, 1.82) is 0 Å². The predicted molar refractivity (Wildman–Crippen MR) is 122 cm³/mol. The number of nitrogens with zero attached hydrogens (tertiary/aromatic N) is 2. The maximum Gasteiger partial charge on any atom is 0.264 e. The molecule has 8 nitrogen and oxygen atoms in total. The largest absolute Gasteiger partial charge is 0.493 e. The highest BCUT2D eigenvalue weighted by Crippen LogP contribution is 2.32. The lowest BCUT2D eigenvalue weighted by molar-refractivity contribution is -0.119. The molecular weight excluding hydrogens is 442 g/mol. The van der Waals surface area contributed by atoms with E-state index < -0.39 is 15.9 Å². The van der Waals surface area contributed by atoms with Gasteiger partial charge in [0.1, 0.15) is 6.54 Å². The van der Waals surface area contributed by atoms with Crippen LogP contribution in [0.3, 0.4) is 0 Å². The van der Waals surface area contributed by atoms with Gasteiger partial charge in [0.15, 0.2) is 11.5 Å². The Morgan fingerprint density at radius 3 is 2.26 bits per heavy atom. The van der Waals surface area contributed by atoms with Crippen LogP contribution in [0.5, 0.6) is 11.5 Å². The minimum atomic E-state index is -4.08. The van der Waals surface area contributed by atoms with E-state index in [0.29, 0.717) is 23.0 Å². The van der Waals surface area contributed by atoms with Gasteiger partial charge in [-0.05, 0) is 63.5 Å². The SMILES string of the molecule is COc1ccc(S(=O)(=O)N(CC(=O)NCCCN(C)C)c2ccc(Cl)cc2)cc1OC. The second kappa shape index (κ2) is 11.2. The second-order valence-electron chi connectivity index (χ2n) is 7.01. The summed E-state index contributed by atoms with van der Waals surface area (Å²) in [5.74, 6) is 0.267. The van der Waals surface area contributed by atoms with E-state index in [0.717, 1.165) is 17.3 Å². The molecule has 0 aliphatic rings. The fraction of sp³-hybridized carbons (Fsp3) is 0.381. The van der Waals surface area contributed by atoms with Crippen LogP contribution in [-0.4, -0.2) is 67.2 Å². The Morgan fingerprint density at radius 2 is 1.68 bits per heavy atom. The highest BCUT2D eigenvalue weighted by molar-refractivity contribution is 7.92. The highest BCUT2D eigenvalue weighted by Gasteiger charge is 2.28. The molecule has 0 heterocycles. The molecule has 0 fully saturated rings. The predicted octanol–water partition coefficient (Wildman–Crippen LogP) is 2.62. The minimum absolute atomic E-state index is 0.0273. The number of ether oxygens (including phenoxy) is 2. The number of carbonyl (C=O) groups excluding carboxylic acids is 1. The maximum absolute atomic E-state index is 13.5. The molecule has 1 amide bonds. The lowest BCUT2D eigenvalue weighted by Gasteiger charge is -2.24. The van der Waals surface area contributed by atoms with Crippen LogP contribution in [0, 0.1) is 0 Å². The summed E-state index contributed by atoms with van der Waals surface area (Å²) in [6, 6.07) is 10.5. The Kier molecular flexibility index (Phi) is 8.97. The van der Waals surface area contributed by atoms with E-state index in [4.69, 9.17) is 21.1 Å². The van der Waals surface area contributed by atoms with Crippen molar-refractivity contribution in [1.82, 2.24) is 10.2 Å². The lowest BCUT2D eigenvalue weighted by Crippen LogP contribution is -2.41. The highest BCUT2D eigenvalue weighted by atomic mass is 35.5. The van der Waals surface area contributed by atoms with E-state index in [1.165, 1.54) is 32.4 Å². The third-order valence-electron chi connectivity index (χ3n) is 4.45. The number of methoxy groups -OCH3 is 2. The zero-order valence-electron chi connectivity index (χ0n) is 18.1. The Bertz CT molecular complexity index is 981. The summed E-state index contributed by atoms with van der Waals surface area (Å²) in [6.07, 6.45) is 0.752. The summed E-state index contributed by atoms with van der Waals surface area (Å²) in [6.45, 7) is 0.882. The van der Waals surface area contributed by atoms with Crippen LogP contribution >= 0.6 is 11.6 Å². The third-order valence-corrected chi connectivity index (χ3v) is 6.47. The fourth-order valence-corrected chi connectivity index (χ4v) is 4.40. The number of amides is 1. The first-order valence-corrected chi connectivity index (χ1v) is 11.4. The lowest BCUT2D eigenvalue weighted by atomic mass is 10.3. The van der Waals surface area contributed by atoms with Crippen molar-refractivity contribution in [2.45, 2.75) is 11.3 Å². The van der Waals surface area contributed by atoms with Crippen LogP contribution in [0.15, 0.2) is 47.4 Å². The van der Waals surface area contributed by atoms with Crippen LogP contribution in [-0.2, 0) is 14.8 Å². The molecule has 1 N–H and O–H groups in total. The quantitative estimate of drug-likeness (QED) is 0.509. The van der Waals surface area contributed by atoms with Crippen molar-refractivity contribution in [2.75, 3.05) is 52.3 Å². The Labute approximate surface area is 188 Å². The molecular formula is C21H28ClN3O5S. The Balaban J connectivity index is 2.33. The van der Waals surface area contributed by atoms with E-state index in [1.807, 2.05) is 19.0 Å². The minimum Gasteiger partial charge on any atom is -0.493 e. The molecule has 0 atom stereocenters. The van der Waals surface area contributed by atoms with Gasteiger partial charge in [0.05, 0.1) is 24.8 Å². The van der Waals surface area contributed by atoms with Crippen molar-refractivity contribution in [2.24, 2.45) is 0 Å². The summed E-state index contributed by atoms with van der Waals surface area (Å²) < 4.78 is 38.4. The van der Waals surface area contributed by atoms with Crippen molar-refractivity contribution < 1.29 is 22.7 Å². The van der Waals surface area contributed by atoms with E-state index >= 15 is 0 Å². The van der Waals surface area contributed by atoms with Gasteiger partial charge in [-0.3, -0.25) is 9.10 Å². The molecule has 170 valence electrons. The molecule has 0 bridgehead atoms.